The minimum atomic E-state index is 0.511. The number of hydrogen-bond acceptors (Lipinski definition) is 3. The third-order valence-corrected chi connectivity index (χ3v) is 3.28. The van der Waals surface area contributed by atoms with Crippen molar-refractivity contribution in [3.8, 4) is 0 Å². The summed E-state index contributed by atoms with van der Waals surface area (Å²) in [5.41, 5.74) is 1.13. The summed E-state index contributed by atoms with van der Waals surface area (Å²) in [6.07, 6.45) is 6.28. The van der Waals surface area contributed by atoms with Crippen molar-refractivity contribution in [1.82, 2.24) is 9.78 Å². The Morgan fingerprint density at radius 1 is 1.62 bits per heavy atom. The number of hydrogen-bond donors (Lipinski definition) is 1. The van der Waals surface area contributed by atoms with Crippen molar-refractivity contribution >= 4 is 5.69 Å². The number of anilines is 1. The predicted octanol–water partition coefficient (Wildman–Crippen LogP) is 2.13. The quantitative estimate of drug-likeness (QED) is 0.831. The van der Waals surface area contributed by atoms with Gasteiger partial charge >= 0.3 is 0 Å². The summed E-state index contributed by atoms with van der Waals surface area (Å²) in [5, 5.41) is 7.83. The Labute approximate surface area is 97.0 Å². The number of aromatic nitrogens is 2. The summed E-state index contributed by atoms with van der Waals surface area (Å²) in [4.78, 5) is 0. The average Bonchev–Trinajstić information content (AvgIpc) is 2.96. The Morgan fingerprint density at radius 2 is 2.50 bits per heavy atom. The molecule has 4 heteroatoms. The molecule has 0 saturated carbocycles. The van der Waals surface area contributed by atoms with Crippen LogP contribution in [0.3, 0.4) is 0 Å². The van der Waals surface area contributed by atoms with E-state index in [2.05, 4.69) is 30.5 Å². The molecule has 1 saturated heterocycles. The van der Waals surface area contributed by atoms with Crippen molar-refractivity contribution in [2.45, 2.75) is 39.3 Å². The summed E-state index contributed by atoms with van der Waals surface area (Å²) in [6, 6.07) is 0.511. The van der Waals surface area contributed by atoms with Gasteiger partial charge in [-0.2, -0.15) is 5.10 Å². The van der Waals surface area contributed by atoms with Gasteiger partial charge in [0.2, 0.25) is 0 Å². The van der Waals surface area contributed by atoms with Crippen LogP contribution in [0.5, 0.6) is 0 Å². The summed E-state index contributed by atoms with van der Waals surface area (Å²) in [7, 11) is 0. The van der Waals surface area contributed by atoms with Gasteiger partial charge in [-0.25, -0.2) is 0 Å². The molecule has 1 fully saturated rings. The van der Waals surface area contributed by atoms with Gasteiger partial charge in [-0.3, -0.25) is 4.68 Å². The first-order chi connectivity index (χ1) is 7.83. The Kier molecular flexibility index (Phi) is 3.83. The smallest absolute Gasteiger partial charge is 0.0728 e. The highest BCUT2D eigenvalue weighted by Crippen LogP contribution is 2.22. The Morgan fingerprint density at radius 3 is 3.06 bits per heavy atom. The fraction of sp³-hybridized carbons (Fsp3) is 0.750. The van der Waals surface area contributed by atoms with E-state index in [-0.39, 0.29) is 0 Å². The molecule has 2 rings (SSSR count). The first-order valence-electron chi connectivity index (χ1n) is 6.20. The lowest BCUT2D eigenvalue weighted by Crippen LogP contribution is -2.28. The van der Waals surface area contributed by atoms with Crippen LogP contribution in [0.25, 0.3) is 0 Å². The molecular formula is C12H21N3O. The van der Waals surface area contributed by atoms with Gasteiger partial charge < -0.3 is 10.1 Å². The Bertz CT molecular complexity index is 318. The second kappa shape index (κ2) is 5.34. The van der Waals surface area contributed by atoms with Crippen LogP contribution in [0.2, 0.25) is 0 Å². The summed E-state index contributed by atoms with van der Waals surface area (Å²) >= 11 is 0. The number of aryl methyl sites for hydroxylation is 1. The van der Waals surface area contributed by atoms with Crippen LogP contribution in [0.4, 0.5) is 5.69 Å². The second-order valence-corrected chi connectivity index (χ2v) is 4.37. The van der Waals surface area contributed by atoms with E-state index in [0.717, 1.165) is 31.9 Å². The van der Waals surface area contributed by atoms with Crippen molar-refractivity contribution in [1.29, 1.82) is 0 Å². The van der Waals surface area contributed by atoms with E-state index >= 15 is 0 Å². The van der Waals surface area contributed by atoms with E-state index in [9.17, 15) is 0 Å². The van der Waals surface area contributed by atoms with Crippen molar-refractivity contribution in [2.75, 3.05) is 18.5 Å². The minimum Gasteiger partial charge on any atom is -0.381 e. The first kappa shape index (κ1) is 11.5. The van der Waals surface area contributed by atoms with Gasteiger partial charge in [-0.05, 0) is 19.8 Å². The topological polar surface area (TPSA) is 39.1 Å². The van der Waals surface area contributed by atoms with Crippen LogP contribution >= 0.6 is 0 Å². The molecule has 2 unspecified atom stereocenters. The summed E-state index contributed by atoms with van der Waals surface area (Å²) < 4.78 is 7.39. The number of nitrogens with one attached hydrogen (secondary N) is 1. The monoisotopic (exact) mass is 223 g/mol. The van der Waals surface area contributed by atoms with E-state index in [1.807, 2.05) is 10.9 Å². The molecule has 1 N–H and O–H groups in total. The van der Waals surface area contributed by atoms with Gasteiger partial charge in [-0.15, -0.1) is 0 Å². The summed E-state index contributed by atoms with van der Waals surface area (Å²) in [6.45, 7) is 7.05. The van der Waals surface area contributed by atoms with E-state index < -0.39 is 0 Å². The third-order valence-electron chi connectivity index (χ3n) is 3.28. The number of nitrogens with zero attached hydrogens (tertiary/aromatic N) is 2. The van der Waals surface area contributed by atoms with Crippen LogP contribution < -0.4 is 5.32 Å². The van der Waals surface area contributed by atoms with Crippen molar-refractivity contribution in [3.05, 3.63) is 12.4 Å². The summed E-state index contributed by atoms with van der Waals surface area (Å²) in [5.74, 6) is 0.648. The molecule has 0 amide bonds. The zero-order valence-corrected chi connectivity index (χ0v) is 10.1. The molecular weight excluding hydrogens is 202 g/mol. The second-order valence-electron chi connectivity index (χ2n) is 4.37. The highest BCUT2D eigenvalue weighted by molar-refractivity contribution is 5.39. The molecule has 1 aliphatic heterocycles. The van der Waals surface area contributed by atoms with Gasteiger partial charge in [0.25, 0.3) is 0 Å². The Hall–Kier alpha value is -1.03. The fourth-order valence-corrected chi connectivity index (χ4v) is 2.25. The van der Waals surface area contributed by atoms with Gasteiger partial charge in [0, 0.05) is 31.3 Å². The van der Waals surface area contributed by atoms with Crippen molar-refractivity contribution < 1.29 is 4.74 Å². The zero-order chi connectivity index (χ0) is 11.4. The molecule has 1 aromatic heterocycles. The largest absolute Gasteiger partial charge is 0.381 e. The fourth-order valence-electron chi connectivity index (χ4n) is 2.25. The normalized spacial score (nSPS) is 22.2. The number of rotatable bonds is 5. The van der Waals surface area contributed by atoms with Gasteiger partial charge in [-0.1, -0.05) is 6.92 Å². The maximum absolute atomic E-state index is 5.44. The molecule has 90 valence electrons. The average molecular weight is 223 g/mol. The third kappa shape index (κ3) is 2.55. The zero-order valence-electron chi connectivity index (χ0n) is 10.1. The van der Waals surface area contributed by atoms with Crippen LogP contribution in [-0.2, 0) is 11.3 Å². The van der Waals surface area contributed by atoms with E-state index in [4.69, 9.17) is 4.74 Å². The number of ether oxygens (including phenoxy) is 1. The minimum absolute atomic E-state index is 0.511. The van der Waals surface area contributed by atoms with E-state index in [1.54, 1.807) is 0 Å². The molecule has 16 heavy (non-hydrogen) atoms. The van der Waals surface area contributed by atoms with Crippen molar-refractivity contribution in [2.24, 2.45) is 5.92 Å². The first-order valence-corrected chi connectivity index (χ1v) is 6.20. The van der Waals surface area contributed by atoms with Gasteiger partial charge in [0.05, 0.1) is 18.5 Å². The molecule has 0 spiro atoms. The molecule has 0 aromatic carbocycles. The molecule has 4 nitrogen and oxygen atoms in total. The van der Waals surface area contributed by atoms with E-state index in [1.165, 1.54) is 6.42 Å². The van der Waals surface area contributed by atoms with Gasteiger partial charge in [0.15, 0.2) is 0 Å². The van der Waals surface area contributed by atoms with Crippen LogP contribution in [0.15, 0.2) is 12.4 Å². The van der Waals surface area contributed by atoms with Gasteiger partial charge in [0.1, 0.15) is 0 Å². The maximum Gasteiger partial charge on any atom is 0.0728 e. The molecule has 0 radical (unpaired) electrons. The SMILES string of the molecule is CCC(Nc1cnn(CC)c1)C1CCOC1. The van der Waals surface area contributed by atoms with E-state index in [0.29, 0.717) is 12.0 Å². The lowest BCUT2D eigenvalue weighted by atomic mass is 9.97. The highest BCUT2D eigenvalue weighted by atomic mass is 16.5. The highest BCUT2D eigenvalue weighted by Gasteiger charge is 2.24. The van der Waals surface area contributed by atoms with Crippen LogP contribution in [-0.4, -0.2) is 29.0 Å². The van der Waals surface area contributed by atoms with Crippen LogP contribution in [0, 0.1) is 5.92 Å². The maximum atomic E-state index is 5.44. The van der Waals surface area contributed by atoms with Crippen LogP contribution in [0.1, 0.15) is 26.7 Å². The molecule has 2 heterocycles. The molecule has 1 aromatic rings. The molecule has 2 atom stereocenters. The lowest BCUT2D eigenvalue weighted by molar-refractivity contribution is 0.182. The van der Waals surface area contributed by atoms with Crippen molar-refractivity contribution in [3.63, 3.8) is 0 Å². The predicted molar refractivity (Wildman–Crippen MR) is 64.5 cm³/mol. The molecule has 0 aliphatic carbocycles. The standard InChI is InChI=1S/C12H21N3O/c1-3-12(10-5-6-16-9-10)14-11-7-13-15(4-2)8-11/h7-8,10,12,14H,3-6,9H2,1-2H3. The molecule has 1 aliphatic rings. The Balaban J connectivity index is 1.94. The lowest BCUT2D eigenvalue weighted by Gasteiger charge is -2.22. The molecule has 0 bridgehead atoms.